The minimum absolute atomic E-state index is 0.0262. The number of hydrogen-bond acceptors (Lipinski definition) is 15. The zero-order valence-corrected chi connectivity index (χ0v) is 39.4. The van der Waals surface area contributed by atoms with Crippen molar-refractivity contribution in [2.45, 2.75) is 88.9 Å². The first-order chi connectivity index (χ1) is 32.6. The van der Waals surface area contributed by atoms with Crippen LogP contribution in [0.5, 0.6) is 11.5 Å². The summed E-state index contributed by atoms with van der Waals surface area (Å²) in [6.45, 7) is 6.99. The molecule has 0 spiro atoms. The predicted octanol–water partition coefficient (Wildman–Crippen LogP) is 6.71. The van der Waals surface area contributed by atoms with Gasteiger partial charge in [-0.05, 0) is 75.1 Å². The highest BCUT2D eigenvalue weighted by molar-refractivity contribution is 7.44. The van der Waals surface area contributed by atoms with Crippen molar-refractivity contribution in [1.82, 2.24) is 29.5 Å². The molecule has 68 heavy (non-hydrogen) atoms. The fraction of sp³-hybridized carbons (Fsp3) is 0.457. The zero-order chi connectivity index (χ0) is 49.0. The number of carbonyl (C=O) groups is 1. The highest BCUT2D eigenvalue weighted by Gasteiger charge is 2.52. The minimum Gasteiger partial charge on any atom is -0.497 e. The lowest BCUT2D eigenvalue weighted by atomic mass is 9.80. The number of alkyl halides is 3. The van der Waals surface area contributed by atoms with E-state index in [0.717, 1.165) is 16.7 Å². The fourth-order valence-corrected chi connectivity index (χ4v) is 9.61. The van der Waals surface area contributed by atoms with Gasteiger partial charge in [0.05, 0.1) is 52.9 Å². The average molecular weight is 969 g/mol. The van der Waals surface area contributed by atoms with Crippen LogP contribution in [0.15, 0.2) is 90.0 Å². The van der Waals surface area contributed by atoms with Gasteiger partial charge in [0.15, 0.2) is 17.4 Å². The third kappa shape index (κ3) is 12.1. The molecule has 1 unspecified atom stereocenters. The lowest BCUT2D eigenvalue weighted by Crippen LogP contribution is -2.43. The zero-order valence-electron chi connectivity index (χ0n) is 38.5. The number of rotatable bonds is 24. The summed E-state index contributed by atoms with van der Waals surface area (Å²) < 4.78 is 93.1. The van der Waals surface area contributed by atoms with Gasteiger partial charge in [0.1, 0.15) is 42.2 Å². The minimum atomic E-state index is -5.03. The van der Waals surface area contributed by atoms with Crippen LogP contribution in [-0.2, 0) is 38.4 Å². The van der Waals surface area contributed by atoms with Gasteiger partial charge in [0.25, 0.3) is 14.1 Å². The molecule has 4 N–H and O–H groups in total. The first-order valence-corrected chi connectivity index (χ1v) is 22.9. The van der Waals surface area contributed by atoms with Crippen LogP contribution in [0.1, 0.15) is 63.5 Å². The van der Waals surface area contributed by atoms with Gasteiger partial charge in [-0.2, -0.15) is 23.4 Å². The summed E-state index contributed by atoms with van der Waals surface area (Å²) in [6, 6.07) is 26.5. The first-order valence-electron chi connectivity index (χ1n) is 21.8. The van der Waals surface area contributed by atoms with Crippen molar-refractivity contribution in [3.8, 4) is 17.6 Å². The quantitative estimate of drug-likeness (QED) is 0.0253. The number of nitrogen functional groups attached to an aromatic ring is 1. The number of nitrogens with one attached hydrogen (secondary N) is 2. The number of H-pyrrole nitrogens is 1. The molecule has 6 rings (SSSR count). The van der Waals surface area contributed by atoms with Gasteiger partial charge in [-0.3, -0.25) is 19.1 Å². The van der Waals surface area contributed by atoms with Crippen LogP contribution in [0.4, 0.5) is 19.1 Å². The third-order valence-corrected chi connectivity index (χ3v) is 13.0. The number of aromatic nitrogens is 4. The van der Waals surface area contributed by atoms with E-state index < -0.39 is 63.1 Å². The normalized spacial score (nSPS) is 18.0. The highest BCUT2D eigenvalue weighted by Crippen LogP contribution is 2.51. The van der Waals surface area contributed by atoms with E-state index in [4.69, 9.17) is 43.2 Å². The number of aromatic amines is 1. The third-order valence-electron chi connectivity index (χ3n) is 10.9. The van der Waals surface area contributed by atoms with Crippen molar-refractivity contribution in [3.63, 3.8) is 0 Å². The molecular formula is C46H56F3N8O10P. The Morgan fingerprint density at radius 2 is 1.57 bits per heavy atom. The van der Waals surface area contributed by atoms with Crippen LogP contribution in [-0.4, -0.2) is 114 Å². The summed E-state index contributed by atoms with van der Waals surface area (Å²) in [5.74, 6) is -0.994. The van der Waals surface area contributed by atoms with Crippen molar-refractivity contribution in [2.24, 2.45) is 0 Å². The highest BCUT2D eigenvalue weighted by atomic mass is 31.2. The summed E-state index contributed by atoms with van der Waals surface area (Å²) >= 11 is 0. The Bertz CT molecular complexity index is 2440. The summed E-state index contributed by atoms with van der Waals surface area (Å²) in [5, 5.41) is 11.3. The summed E-state index contributed by atoms with van der Waals surface area (Å²) in [4.78, 5) is 35.6. The molecule has 18 nitrogen and oxygen atoms in total. The number of anilines is 1. The number of amides is 1. The standard InChI is InChI=1S/C46H56F3N8O10P/c1-29(2)57(30(3)4)68(65-25-10-22-50)67-38-36(26-64-45(31-12-8-7-9-13-31,32-14-18-34(60-5)19-15-32)33-16-20-35(61-6)21-17-33)66-42(56-27-53-37-40(56)54-44(51)55-41(37)58)39(38)63-28-62-24-11-23-52-43(59)46(47,48)49/h7-9,12-21,27,29-30,36,38-39,42H,10-11,23-26,28H2,1-6H3,(H,52,59)(H3,51,54,55,58)/t36-,38-,39-,42-,68?/m1/s1. The van der Waals surface area contributed by atoms with Crippen LogP contribution < -0.4 is 26.1 Å². The number of halogens is 3. The van der Waals surface area contributed by atoms with Gasteiger partial charge in [-0.1, -0.05) is 54.6 Å². The molecule has 3 aromatic carbocycles. The van der Waals surface area contributed by atoms with Gasteiger partial charge < -0.3 is 48.5 Å². The second-order valence-corrected chi connectivity index (χ2v) is 17.4. The van der Waals surface area contributed by atoms with E-state index in [9.17, 15) is 28.0 Å². The molecular weight excluding hydrogens is 913 g/mol. The van der Waals surface area contributed by atoms with Crippen molar-refractivity contribution in [1.29, 1.82) is 5.26 Å². The number of imidazole rings is 1. The number of fused-ring (bicyclic) bond motifs is 1. The number of carbonyl (C=O) groups excluding carboxylic acids is 1. The molecule has 0 radical (unpaired) electrons. The van der Waals surface area contributed by atoms with E-state index in [1.807, 2.05) is 117 Å². The smallest absolute Gasteiger partial charge is 0.471 e. The number of nitrogens with zero attached hydrogens (tertiary/aromatic N) is 5. The topological polar surface area (TPSA) is 220 Å². The lowest BCUT2D eigenvalue weighted by Gasteiger charge is -2.39. The van der Waals surface area contributed by atoms with Crippen LogP contribution in [0.25, 0.3) is 11.2 Å². The summed E-state index contributed by atoms with van der Waals surface area (Å²) in [5.41, 5.74) is 6.41. The molecule has 22 heteroatoms. The molecule has 366 valence electrons. The fourth-order valence-electron chi connectivity index (χ4n) is 7.84. The van der Waals surface area contributed by atoms with Crippen molar-refractivity contribution < 1.29 is 55.4 Å². The van der Waals surface area contributed by atoms with Gasteiger partial charge in [0, 0.05) is 18.6 Å². The lowest BCUT2D eigenvalue weighted by molar-refractivity contribution is -0.173. The number of nitrogens with two attached hydrogens (primary N) is 1. The molecule has 1 aliphatic rings. The Morgan fingerprint density at radius 3 is 2.15 bits per heavy atom. The van der Waals surface area contributed by atoms with E-state index in [-0.39, 0.29) is 68.4 Å². The van der Waals surface area contributed by atoms with Crippen molar-refractivity contribution in [3.05, 3.63) is 112 Å². The van der Waals surface area contributed by atoms with Gasteiger partial charge >= 0.3 is 12.1 Å². The van der Waals surface area contributed by atoms with E-state index in [0.29, 0.717) is 11.5 Å². The maximum Gasteiger partial charge on any atom is 0.471 e. The number of hydrogen-bond donors (Lipinski definition) is 3. The van der Waals surface area contributed by atoms with Crippen LogP contribution >= 0.6 is 8.53 Å². The molecule has 5 atom stereocenters. The van der Waals surface area contributed by atoms with Crippen molar-refractivity contribution >= 4 is 31.5 Å². The molecule has 1 aliphatic heterocycles. The Hall–Kier alpha value is -5.69. The molecule has 1 amide bonds. The second-order valence-electron chi connectivity index (χ2n) is 16.0. The van der Waals surface area contributed by atoms with E-state index in [1.165, 1.54) is 10.9 Å². The number of nitriles is 1. The maximum atomic E-state index is 13.1. The molecule has 1 fully saturated rings. The van der Waals surface area contributed by atoms with E-state index in [1.54, 1.807) is 14.2 Å². The summed E-state index contributed by atoms with van der Waals surface area (Å²) in [6.07, 6.45) is -7.92. The molecule has 5 aromatic rings. The first kappa shape index (κ1) is 51.7. The molecule has 2 aromatic heterocycles. The van der Waals surface area contributed by atoms with Crippen LogP contribution in [0.3, 0.4) is 0 Å². The summed E-state index contributed by atoms with van der Waals surface area (Å²) in [7, 11) is 1.19. The monoisotopic (exact) mass is 968 g/mol. The maximum absolute atomic E-state index is 13.1. The molecule has 0 bridgehead atoms. The second kappa shape index (κ2) is 23.6. The molecule has 1 saturated heterocycles. The number of methoxy groups -OCH3 is 2. The Kier molecular flexibility index (Phi) is 17.9. The average Bonchev–Trinajstić information content (AvgIpc) is 3.89. The molecule has 0 saturated carbocycles. The van der Waals surface area contributed by atoms with E-state index in [2.05, 4.69) is 21.0 Å². The number of benzene rings is 3. The van der Waals surface area contributed by atoms with Crippen LogP contribution in [0, 0.1) is 11.3 Å². The molecule has 3 heterocycles. The Balaban J connectivity index is 1.46. The van der Waals surface area contributed by atoms with E-state index >= 15 is 0 Å². The Labute approximate surface area is 392 Å². The van der Waals surface area contributed by atoms with Crippen molar-refractivity contribution in [2.75, 3.05) is 53.1 Å². The molecule has 0 aliphatic carbocycles. The largest absolute Gasteiger partial charge is 0.497 e. The predicted molar refractivity (Wildman–Crippen MR) is 244 cm³/mol. The van der Waals surface area contributed by atoms with Gasteiger partial charge in [-0.25, -0.2) is 9.65 Å². The number of ether oxygens (including phenoxy) is 6. The van der Waals surface area contributed by atoms with Crippen LogP contribution in [0.2, 0.25) is 0 Å². The van der Waals surface area contributed by atoms with Gasteiger partial charge in [0.2, 0.25) is 5.95 Å². The van der Waals surface area contributed by atoms with Gasteiger partial charge in [-0.15, -0.1) is 0 Å². The Morgan fingerprint density at radius 1 is 0.956 bits per heavy atom. The SMILES string of the molecule is COc1ccc(C(OC[C@H]2O[C@@H](n3cnc4c(=O)[nH]c(N)nc43)[C@H](OCOCCCNC(=O)C(F)(F)F)[C@@H]2OP(OCCC#N)N(C(C)C)C(C)C)(c2ccccc2)c2ccc(OC)cc2)cc1.